The first-order valence-electron chi connectivity index (χ1n) is 8.99. The van der Waals surface area contributed by atoms with Gasteiger partial charge in [-0.2, -0.15) is 0 Å². The van der Waals surface area contributed by atoms with Gasteiger partial charge in [-0.15, -0.1) is 36.6 Å². The maximum atomic E-state index is 13.0. The normalized spacial score (nSPS) is 10.9. The molecule has 3 rings (SSSR count). The summed E-state index contributed by atoms with van der Waals surface area (Å²) in [6.07, 6.45) is 4.02. The highest BCUT2D eigenvalue weighted by Gasteiger charge is 2.23. The number of imidazole rings is 1. The van der Waals surface area contributed by atoms with Crippen LogP contribution in [0.1, 0.15) is 29.9 Å². The summed E-state index contributed by atoms with van der Waals surface area (Å²) in [5.74, 6) is 0.735. The molecule has 0 aliphatic rings. The molecule has 3 aromatic rings. The predicted octanol–water partition coefficient (Wildman–Crippen LogP) is 4.53. The largest absolute Gasteiger partial charge is 0.341 e. The second-order valence-electron chi connectivity index (χ2n) is 7.51. The molecule has 2 heterocycles. The van der Waals surface area contributed by atoms with Gasteiger partial charge in [-0.25, -0.2) is 4.98 Å². The van der Waals surface area contributed by atoms with Gasteiger partial charge in [0.2, 0.25) is 0 Å². The first kappa shape index (κ1) is 25.3. The number of halogens is 2. The van der Waals surface area contributed by atoms with Gasteiger partial charge in [-0.05, 0) is 36.2 Å². The third-order valence-electron chi connectivity index (χ3n) is 4.47. The van der Waals surface area contributed by atoms with Crippen molar-refractivity contribution in [2.75, 3.05) is 20.1 Å². The number of rotatable bonds is 7. The van der Waals surface area contributed by atoms with E-state index in [4.69, 9.17) is 5.73 Å². The van der Waals surface area contributed by atoms with E-state index in [1.54, 1.807) is 16.7 Å². The van der Waals surface area contributed by atoms with Crippen LogP contribution in [0.5, 0.6) is 0 Å². The fraction of sp³-hybridized carbons (Fsp3) is 0.333. The Morgan fingerprint density at radius 3 is 2.55 bits per heavy atom. The second-order valence-corrected chi connectivity index (χ2v) is 8.53. The van der Waals surface area contributed by atoms with Crippen LogP contribution in [0.25, 0.3) is 5.65 Å². The molecule has 158 valence electrons. The highest BCUT2D eigenvalue weighted by molar-refractivity contribution is 7.98. The van der Waals surface area contributed by atoms with Crippen molar-refractivity contribution < 1.29 is 4.79 Å². The van der Waals surface area contributed by atoms with Crippen LogP contribution in [-0.4, -0.2) is 40.3 Å². The lowest BCUT2D eigenvalue weighted by Crippen LogP contribution is -2.39. The van der Waals surface area contributed by atoms with E-state index < -0.39 is 0 Å². The van der Waals surface area contributed by atoms with Gasteiger partial charge in [0.15, 0.2) is 0 Å². The summed E-state index contributed by atoms with van der Waals surface area (Å²) in [5.41, 5.74) is 8.36. The molecule has 29 heavy (non-hydrogen) atoms. The van der Waals surface area contributed by atoms with Gasteiger partial charge in [-0.3, -0.25) is 4.79 Å². The SMILES string of the molecule is CN(CC(C)(C)CN)C(=O)c1ccccc1SCc1cn2ccccc2n1.Cl.Cl. The van der Waals surface area contributed by atoms with E-state index >= 15 is 0 Å². The van der Waals surface area contributed by atoms with Gasteiger partial charge < -0.3 is 15.0 Å². The molecule has 0 aliphatic carbocycles. The zero-order chi connectivity index (χ0) is 19.4. The number of nitrogens with zero attached hydrogens (tertiary/aromatic N) is 3. The van der Waals surface area contributed by atoms with Gasteiger partial charge in [0.1, 0.15) is 5.65 Å². The molecular weight excluding hydrogens is 427 g/mol. The van der Waals surface area contributed by atoms with Crippen molar-refractivity contribution in [2.45, 2.75) is 24.5 Å². The van der Waals surface area contributed by atoms with Crippen molar-refractivity contribution in [2.24, 2.45) is 11.1 Å². The second kappa shape index (κ2) is 10.9. The number of aromatic nitrogens is 2. The lowest BCUT2D eigenvalue weighted by atomic mass is 9.93. The molecule has 0 unspecified atom stereocenters. The number of fused-ring (bicyclic) bond motifs is 1. The van der Waals surface area contributed by atoms with Crippen molar-refractivity contribution in [1.29, 1.82) is 0 Å². The summed E-state index contributed by atoms with van der Waals surface area (Å²) in [6, 6.07) is 13.7. The minimum Gasteiger partial charge on any atom is -0.341 e. The van der Waals surface area contributed by atoms with E-state index in [0.717, 1.165) is 21.8 Å². The Morgan fingerprint density at radius 2 is 1.86 bits per heavy atom. The van der Waals surface area contributed by atoms with Gasteiger partial charge in [0.25, 0.3) is 5.91 Å². The minimum absolute atomic E-state index is 0. The third-order valence-corrected chi connectivity index (χ3v) is 5.58. The van der Waals surface area contributed by atoms with E-state index in [0.29, 0.717) is 18.8 Å². The molecule has 0 saturated heterocycles. The number of nitrogens with two attached hydrogens (primary N) is 1. The van der Waals surface area contributed by atoms with Crippen LogP contribution in [0, 0.1) is 5.41 Å². The van der Waals surface area contributed by atoms with E-state index in [9.17, 15) is 4.79 Å². The first-order valence-corrected chi connectivity index (χ1v) is 9.98. The molecule has 2 N–H and O–H groups in total. The number of amides is 1. The summed E-state index contributed by atoms with van der Waals surface area (Å²) in [4.78, 5) is 20.3. The van der Waals surface area contributed by atoms with E-state index in [1.807, 2.05) is 66.3 Å². The molecule has 0 radical (unpaired) electrons. The lowest BCUT2D eigenvalue weighted by molar-refractivity contribution is 0.0737. The minimum atomic E-state index is -0.108. The van der Waals surface area contributed by atoms with Crippen molar-refractivity contribution in [1.82, 2.24) is 14.3 Å². The molecule has 0 atom stereocenters. The summed E-state index contributed by atoms with van der Waals surface area (Å²) < 4.78 is 2.01. The van der Waals surface area contributed by atoms with Gasteiger partial charge in [0, 0.05) is 36.6 Å². The molecular formula is C21H28Cl2N4OS. The molecule has 0 aliphatic heterocycles. The number of hydrogen-bond acceptors (Lipinski definition) is 4. The number of carbonyl (C=O) groups is 1. The molecule has 2 aromatic heterocycles. The Hall–Kier alpha value is -1.73. The van der Waals surface area contributed by atoms with E-state index in [1.165, 1.54) is 0 Å². The summed E-state index contributed by atoms with van der Waals surface area (Å²) in [5, 5.41) is 0. The molecule has 0 spiro atoms. The average Bonchev–Trinajstić information content (AvgIpc) is 3.08. The fourth-order valence-corrected chi connectivity index (χ4v) is 3.89. The number of hydrogen-bond donors (Lipinski definition) is 1. The smallest absolute Gasteiger partial charge is 0.254 e. The Labute approximate surface area is 188 Å². The topological polar surface area (TPSA) is 63.6 Å². The van der Waals surface area contributed by atoms with Crippen LogP contribution in [-0.2, 0) is 5.75 Å². The molecule has 0 fully saturated rings. The van der Waals surface area contributed by atoms with Crippen molar-refractivity contribution in [3.05, 3.63) is 66.1 Å². The van der Waals surface area contributed by atoms with Crippen molar-refractivity contribution >= 4 is 48.1 Å². The zero-order valence-electron chi connectivity index (χ0n) is 16.9. The maximum absolute atomic E-state index is 13.0. The van der Waals surface area contributed by atoms with Gasteiger partial charge in [0.05, 0.1) is 11.3 Å². The summed E-state index contributed by atoms with van der Waals surface area (Å²) in [7, 11) is 1.84. The average molecular weight is 455 g/mol. The monoisotopic (exact) mass is 454 g/mol. The van der Waals surface area contributed by atoms with Crippen LogP contribution in [0.3, 0.4) is 0 Å². The molecule has 1 aromatic carbocycles. The van der Waals surface area contributed by atoms with Crippen LogP contribution < -0.4 is 5.73 Å². The molecule has 0 saturated carbocycles. The van der Waals surface area contributed by atoms with E-state index in [2.05, 4.69) is 18.8 Å². The quantitative estimate of drug-likeness (QED) is 0.532. The van der Waals surface area contributed by atoms with Gasteiger partial charge in [-0.1, -0.05) is 32.0 Å². The first-order chi connectivity index (χ1) is 12.9. The van der Waals surface area contributed by atoms with Crippen LogP contribution in [0.4, 0.5) is 0 Å². The Bertz CT molecular complexity index is 912. The zero-order valence-corrected chi connectivity index (χ0v) is 19.3. The predicted molar refractivity (Wildman–Crippen MR) is 125 cm³/mol. The summed E-state index contributed by atoms with van der Waals surface area (Å²) in [6.45, 7) is 5.30. The van der Waals surface area contributed by atoms with Crippen molar-refractivity contribution in [3.8, 4) is 0 Å². The lowest BCUT2D eigenvalue weighted by Gasteiger charge is -2.29. The van der Waals surface area contributed by atoms with Gasteiger partial charge >= 0.3 is 0 Å². The number of carbonyl (C=O) groups excluding carboxylic acids is 1. The van der Waals surface area contributed by atoms with Crippen molar-refractivity contribution in [3.63, 3.8) is 0 Å². The summed E-state index contributed by atoms with van der Waals surface area (Å²) >= 11 is 1.64. The Balaban J connectivity index is 0.00000210. The number of benzene rings is 1. The standard InChI is InChI=1S/C21H26N4OS.2ClH/c1-21(2,14-22)15-24(3)20(26)17-8-4-5-9-18(17)27-13-16-12-25-11-7-6-10-19(25)23-16;;/h4-12H,13-15,22H2,1-3H3;2*1H. The van der Waals surface area contributed by atoms with Crippen LogP contribution in [0.15, 0.2) is 59.8 Å². The van der Waals surface area contributed by atoms with Crippen LogP contribution in [0.2, 0.25) is 0 Å². The number of pyridine rings is 1. The highest BCUT2D eigenvalue weighted by atomic mass is 35.5. The fourth-order valence-electron chi connectivity index (χ4n) is 2.96. The molecule has 1 amide bonds. The third kappa shape index (κ3) is 6.37. The Kier molecular flexibility index (Phi) is 9.49. The Morgan fingerprint density at radius 1 is 1.17 bits per heavy atom. The highest BCUT2D eigenvalue weighted by Crippen LogP contribution is 2.27. The molecule has 0 bridgehead atoms. The van der Waals surface area contributed by atoms with E-state index in [-0.39, 0.29) is 36.1 Å². The maximum Gasteiger partial charge on any atom is 0.254 e. The molecule has 5 nitrogen and oxygen atoms in total. The van der Waals surface area contributed by atoms with Crippen LogP contribution >= 0.6 is 36.6 Å². The number of thioether (sulfide) groups is 1. The molecule has 8 heteroatoms.